The summed E-state index contributed by atoms with van der Waals surface area (Å²) in [6.07, 6.45) is 2.61. The molecule has 4 heterocycles. The lowest BCUT2D eigenvalue weighted by Crippen LogP contribution is -2.75. The summed E-state index contributed by atoms with van der Waals surface area (Å²) in [7, 11) is 4.58. The first-order chi connectivity index (χ1) is 15.1. The van der Waals surface area contributed by atoms with E-state index in [1.807, 2.05) is 0 Å². The smallest absolute Gasteiger partial charge is 0.0166 e. The van der Waals surface area contributed by atoms with Gasteiger partial charge in [-0.25, -0.2) is 0 Å². The Morgan fingerprint density at radius 2 is 0.906 bits per heavy atom. The summed E-state index contributed by atoms with van der Waals surface area (Å²) < 4.78 is 0. The summed E-state index contributed by atoms with van der Waals surface area (Å²) in [6.45, 7) is 23.0. The van der Waals surface area contributed by atoms with Crippen LogP contribution in [-0.2, 0) is 0 Å². The molecule has 2 aliphatic carbocycles. The third-order valence-corrected chi connectivity index (χ3v) is 11.9. The van der Waals surface area contributed by atoms with E-state index in [4.69, 9.17) is 0 Å². The van der Waals surface area contributed by atoms with Gasteiger partial charge in [-0.15, -0.1) is 0 Å². The molecule has 0 radical (unpaired) electrons. The first-order valence-electron chi connectivity index (χ1n) is 13.5. The van der Waals surface area contributed by atoms with Gasteiger partial charge >= 0.3 is 0 Å². The minimum atomic E-state index is 0.316. The van der Waals surface area contributed by atoms with Gasteiger partial charge in [0.2, 0.25) is 0 Å². The lowest BCUT2D eigenvalue weighted by Gasteiger charge is -2.70. The van der Waals surface area contributed by atoms with Crippen molar-refractivity contribution in [1.82, 2.24) is 30.2 Å². The van der Waals surface area contributed by atoms with Gasteiger partial charge < -0.3 is 30.2 Å². The lowest BCUT2D eigenvalue weighted by molar-refractivity contribution is -0.195. The number of hydrogen-bond acceptors (Lipinski definition) is 6. The van der Waals surface area contributed by atoms with Crippen LogP contribution in [-0.4, -0.2) is 123 Å². The van der Waals surface area contributed by atoms with Crippen molar-refractivity contribution >= 4 is 0 Å². The average Bonchev–Trinajstić information content (AvgIpc) is 2.96. The second-order valence-corrected chi connectivity index (χ2v) is 13.6. The highest BCUT2D eigenvalue weighted by Crippen LogP contribution is 2.76. The Morgan fingerprint density at radius 3 is 1.25 bits per heavy atom. The van der Waals surface area contributed by atoms with Gasteiger partial charge in [-0.3, -0.25) is 0 Å². The van der Waals surface area contributed by atoms with Gasteiger partial charge in [0.1, 0.15) is 0 Å². The fourth-order valence-electron chi connectivity index (χ4n) is 9.84. The Morgan fingerprint density at radius 1 is 0.562 bits per heavy atom. The van der Waals surface area contributed by atoms with Crippen molar-refractivity contribution in [2.45, 2.75) is 64.7 Å². The molecule has 2 N–H and O–H groups in total. The zero-order chi connectivity index (χ0) is 22.5. The molecule has 6 rings (SSSR count). The van der Waals surface area contributed by atoms with Crippen LogP contribution in [0.5, 0.6) is 0 Å². The SMILES string of the molecule is CN1CCN(C[C@]23[C@@H]4C[C@H]5N[C@@H](C[C@@H](N4)C2(C)C)[C@]3(CN2CCN(C)CC2)C5(C)C)CC1. The normalized spacial score (nSPS) is 48.6. The third-order valence-electron chi connectivity index (χ3n) is 11.9. The van der Waals surface area contributed by atoms with Gasteiger partial charge in [0.05, 0.1) is 0 Å². The largest absolute Gasteiger partial charge is 0.310 e. The van der Waals surface area contributed by atoms with E-state index in [2.05, 4.69) is 72.0 Å². The summed E-state index contributed by atoms with van der Waals surface area (Å²) in [5.41, 5.74) is 1.27. The summed E-state index contributed by atoms with van der Waals surface area (Å²) in [4.78, 5) is 10.8. The van der Waals surface area contributed by atoms with Crippen LogP contribution >= 0.6 is 0 Å². The second kappa shape index (κ2) is 7.14. The highest BCUT2D eigenvalue weighted by atomic mass is 15.3. The molecule has 4 saturated heterocycles. The monoisotopic (exact) mass is 444 g/mol. The molecule has 2 saturated carbocycles. The number of rotatable bonds is 4. The predicted molar refractivity (Wildman–Crippen MR) is 131 cm³/mol. The molecule has 0 aromatic carbocycles. The molecule has 32 heavy (non-hydrogen) atoms. The van der Waals surface area contributed by atoms with E-state index in [0.717, 1.165) is 0 Å². The van der Waals surface area contributed by atoms with Crippen LogP contribution in [0.4, 0.5) is 0 Å². The molecule has 0 aromatic heterocycles. The number of nitrogens with one attached hydrogen (secondary N) is 2. The number of piperazine rings is 2. The quantitative estimate of drug-likeness (QED) is 0.674. The second-order valence-electron chi connectivity index (χ2n) is 13.6. The zero-order valence-corrected chi connectivity index (χ0v) is 21.6. The van der Waals surface area contributed by atoms with E-state index in [1.54, 1.807) is 0 Å². The molecule has 6 atom stereocenters. The van der Waals surface area contributed by atoms with Gasteiger partial charge in [0.15, 0.2) is 0 Å². The minimum Gasteiger partial charge on any atom is -0.310 e. The van der Waals surface area contributed by atoms with Crippen LogP contribution in [0.15, 0.2) is 0 Å². The van der Waals surface area contributed by atoms with Crippen LogP contribution in [0, 0.1) is 21.7 Å². The van der Waals surface area contributed by atoms with Crippen molar-refractivity contribution in [1.29, 1.82) is 0 Å². The van der Waals surface area contributed by atoms with Crippen molar-refractivity contribution in [2.75, 3.05) is 79.5 Å². The van der Waals surface area contributed by atoms with Crippen LogP contribution in [0.25, 0.3) is 0 Å². The molecule has 6 nitrogen and oxygen atoms in total. The van der Waals surface area contributed by atoms with Gasteiger partial charge in [-0.1, -0.05) is 27.7 Å². The third kappa shape index (κ3) is 2.63. The summed E-state index contributed by atoms with van der Waals surface area (Å²) in [5.74, 6) is 0. The summed E-state index contributed by atoms with van der Waals surface area (Å²) in [5, 5.41) is 8.56. The van der Waals surface area contributed by atoms with Gasteiger partial charge in [-0.2, -0.15) is 0 Å². The molecule has 0 unspecified atom stereocenters. The Balaban J connectivity index is 1.45. The molecule has 4 bridgehead atoms. The van der Waals surface area contributed by atoms with Crippen molar-refractivity contribution in [2.24, 2.45) is 21.7 Å². The topological polar surface area (TPSA) is 37.0 Å². The standard InChI is InChI=1S/C26H48N6/c1-23(2)19-15-22-26(18-32-13-9-30(6)10-14-32)24(3,4)20(28-22)16-21(27-19)25(23,26)17-31-11-7-29(5)8-12-31/h19-22,27-28H,7-18H2,1-6H3/t19-,20-,21+,22+,25-,26+/m1/s1. The van der Waals surface area contributed by atoms with E-state index >= 15 is 0 Å². The Labute approximate surface area is 196 Å². The molecule has 0 spiro atoms. The fraction of sp³-hybridized carbons (Fsp3) is 1.00. The van der Waals surface area contributed by atoms with Crippen molar-refractivity contribution in [3.63, 3.8) is 0 Å². The zero-order valence-electron chi connectivity index (χ0n) is 21.6. The number of fused-ring (bicyclic) bond motifs is 2. The molecule has 0 aromatic rings. The molecule has 0 amide bonds. The maximum atomic E-state index is 4.28. The first kappa shape index (κ1) is 22.2. The van der Waals surface area contributed by atoms with Crippen LogP contribution in [0.3, 0.4) is 0 Å². The van der Waals surface area contributed by atoms with Crippen molar-refractivity contribution in [3.05, 3.63) is 0 Å². The average molecular weight is 445 g/mol. The van der Waals surface area contributed by atoms with E-state index in [9.17, 15) is 0 Å². The highest BCUT2D eigenvalue weighted by molar-refractivity contribution is 5.36. The predicted octanol–water partition coefficient (Wildman–Crippen LogP) is 0.995. The van der Waals surface area contributed by atoms with E-state index in [0.29, 0.717) is 45.8 Å². The van der Waals surface area contributed by atoms with E-state index < -0.39 is 0 Å². The Bertz CT molecular complexity index is 675. The number of likely N-dealkylation sites (N-methyl/N-ethyl adjacent to an activating group) is 2. The van der Waals surface area contributed by atoms with E-state index in [1.165, 1.54) is 78.3 Å². The van der Waals surface area contributed by atoms with Crippen molar-refractivity contribution in [3.8, 4) is 0 Å². The number of nitrogens with zero attached hydrogens (tertiary/aromatic N) is 4. The van der Waals surface area contributed by atoms with E-state index in [-0.39, 0.29) is 0 Å². The maximum absolute atomic E-state index is 4.28. The first-order valence-corrected chi connectivity index (χ1v) is 13.5. The molecule has 6 heteroatoms. The highest BCUT2D eigenvalue weighted by Gasteiger charge is 2.83. The van der Waals surface area contributed by atoms with Crippen LogP contribution in [0.1, 0.15) is 40.5 Å². The molecule has 6 fully saturated rings. The number of hydrogen-bond donors (Lipinski definition) is 2. The maximum Gasteiger partial charge on any atom is 0.0166 e. The van der Waals surface area contributed by atoms with Crippen molar-refractivity contribution < 1.29 is 0 Å². The Kier molecular flexibility index (Phi) is 4.96. The van der Waals surface area contributed by atoms with Crippen LogP contribution in [0.2, 0.25) is 0 Å². The molecular weight excluding hydrogens is 396 g/mol. The van der Waals surface area contributed by atoms with Gasteiger partial charge in [-0.05, 0) is 37.8 Å². The van der Waals surface area contributed by atoms with Crippen LogP contribution < -0.4 is 10.6 Å². The van der Waals surface area contributed by atoms with Gasteiger partial charge in [0.25, 0.3) is 0 Å². The molecule has 6 aliphatic rings. The summed E-state index contributed by atoms with van der Waals surface area (Å²) in [6, 6.07) is 2.58. The molecule has 4 aliphatic heterocycles. The van der Waals surface area contributed by atoms with Gasteiger partial charge in [0, 0.05) is 100 Å². The lowest BCUT2D eigenvalue weighted by atomic mass is 9.35. The minimum absolute atomic E-state index is 0.316. The molecule has 182 valence electrons. The molecular formula is C26H48N6. The Hall–Kier alpha value is -0.240. The summed E-state index contributed by atoms with van der Waals surface area (Å²) >= 11 is 0. The fourth-order valence-corrected chi connectivity index (χ4v) is 9.84.